The molecule has 0 aliphatic rings. The number of amides is 2. The van der Waals surface area contributed by atoms with Gasteiger partial charge in [0, 0.05) is 23.2 Å². The van der Waals surface area contributed by atoms with Gasteiger partial charge in [0.05, 0.1) is 25.5 Å². The van der Waals surface area contributed by atoms with E-state index in [0.29, 0.717) is 22.7 Å². The lowest BCUT2D eigenvalue weighted by Crippen LogP contribution is -2.21. The minimum Gasteiger partial charge on any atom is -0.493 e. The Bertz CT molecular complexity index is 760. The molecular weight excluding hydrogens is 376 g/mol. The second-order valence-electron chi connectivity index (χ2n) is 4.79. The zero-order valence-corrected chi connectivity index (χ0v) is 15.1. The summed E-state index contributed by atoms with van der Waals surface area (Å²) in [4.78, 5) is 24.5. The molecule has 0 bridgehead atoms. The van der Waals surface area contributed by atoms with Crippen LogP contribution in [0.4, 0.5) is 5.69 Å². The molecule has 2 aromatic rings. The van der Waals surface area contributed by atoms with Gasteiger partial charge in [-0.2, -0.15) is 0 Å². The fourth-order valence-electron chi connectivity index (χ4n) is 2.10. The predicted octanol–water partition coefficient (Wildman–Crippen LogP) is 3.08. The number of ether oxygens (including phenoxy) is 2. The maximum Gasteiger partial charge on any atom is 0.255 e. The van der Waals surface area contributed by atoms with Gasteiger partial charge in [0.25, 0.3) is 11.8 Å². The van der Waals surface area contributed by atoms with E-state index >= 15 is 0 Å². The monoisotopic (exact) mass is 392 g/mol. The van der Waals surface area contributed by atoms with E-state index in [1.165, 1.54) is 27.3 Å². The van der Waals surface area contributed by atoms with Crippen molar-refractivity contribution < 1.29 is 19.1 Å². The van der Waals surface area contributed by atoms with Crippen molar-refractivity contribution in [3.8, 4) is 11.5 Å². The van der Waals surface area contributed by atoms with Crippen LogP contribution >= 0.6 is 15.9 Å². The van der Waals surface area contributed by atoms with E-state index in [2.05, 4.69) is 26.6 Å². The fraction of sp³-hybridized carbons (Fsp3) is 0.176. The van der Waals surface area contributed by atoms with Gasteiger partial charge in [0.2, 0.25) is 0 Å². The molecular formula is C17H17BrN2O4. The molecule has 126 valence electrons. The van der Waals surface area contributed by atoms with Crippen LogP contribution in [0.1, 0.15) is 20.7 Å². The Kier molecular flexibility index (Phi) is 5.81. The van der Waals surface area contributed by atoms with E-state index in [1.807, 2.05) is 0 Å². The van der Waals surface area contributed by atoms with Crippen molar-refractivity contribution in [3.05, 3.63) is 52.0 Å². The highest BCUT2D eigenvalue weighted by Crippen LogP contribution is 2.33. The molecule has 2 N–H and O–H groups in total. The van der Waals surface area contributed by atoms with Crippen molar-refractivity contribution in [2.24, 2.45) is 0 Å². The molecule has 0 spiro atoms. The Morgan fingerprint density at radius 3 is 2.08 bits per heavy atom. The Morgan fingerprint density at radius 2 is 1.54 bits per heavy atom. The smallest absolute Gasteiger partial charge is 0.255 e. The van der Waals surface area contributed by atoms with Gasteiger partial charge in [-0.15, -0.1) is 0 Å². The van der Waals surface area contributed by atoms with Crippen molar-refractivity contribution in [2.45, 2.75) is 0 Å². The van der Waals surface area contributed by atoms with Gasteiger partial charge in [-0.1, -0.05) is 15.9 Å². The molecule has 6 nitrogen and oxygen atoms in total. The molecule has 0 aliphatic carbocycles. The third-order valence-corrected chi connectivity index (χ3v) is 3.88. The summed E-state index contributed by atoms with van der Waals surface area (Å²) in [5.74, 6) is 0.135. The number of rotatable bonds is 5. The molecule has 24 heavy (non-hydrogen) atoms. The van der Waals surface area contributed by atoms with Crippen LogP contribution in [0.5, 0.6) is 11.5 Å². The van der Waals surface area contributed by atoms with Crippen molar-refractivity contribution in [2.75, 3.05) is 26.6 Å². The Labute approximate surface area is 148 Å². The first kappa shape index (κ1) is 17.8. The molecule has 0 atom stereocenters. The first-order valence-electron chi connectivity index (χ1n) is 7.05. The van der Waals surface area contributed by atoms with Gasteiger partial charge in [-0.3, -0.25) is 9.59 Å². The molecule has 0 saturated carbocycles. The van der Waals surface area contributed by atoms with E-state index in [9.17, 15) is 9.59 Å². The maximum atomic E-state index is 12.4. The van der Waals surface area contributed by atoms with Gasteiger partial charge in [-0.25, -0.2) is 0 Å². The molecule has 7 heteroatoms. The predicted molar refractivity (Wildman–Crippen MR) is 95.0 cm³/mol. The number of benzene rings is 2. The average molecular weight is 393 g/mol. The van der Waals surface area contributed by atoms with E-state index in [0.717, 1.165) is 4.47 Å². The fourth-order valence-corrected chi connectivity index (χ4v) is 2.37. The number of hydrogen-bond acceptors (Lipinski definition) is 4. The number of carbonyl (C=O) groups is 2. The third-order valence-electron chi connectivity index (χ3n) is 3.35. The lowest BCUT2D eigenvalue weighted by molar-refractivity contribution is 0.0963. The lowest BCUT2D eigenvalue weighted by Gasteiger charge is -2.15. The third kappa shape index (κ3) is 3.86. The molecule has 2 aromatic carbocycles. The summed E-state index contributed by atoms with van der Waals surface area (Å²) in [7, 11) is 4.47. The normalized spacial score (nSPS) is 10.0. The molecule has 0 aliphatic heterocycles. The summed E-state index contributed by atoms with van der Waals surface area (Å²) in [5, 5.41) is 5.28. The number of halogens is 1. The van der Waals surface area contributed by atoms with Crippen LogP contribution in [0.15, 0.2) is 40.9 Å². The number of nitrogens with one attached hydrogen (secondary N) is 2. The highest BCUT2D eigenvalue weighted by Gasteiger charge is 2.18. The number of carbonyl (C=O) groups excluding carboxylic acids is 2. The lowest BCUT2D eigenvalue weighted by atomic mass is 10.1. The summed E-state index contributed by atoms with van der Waals surface area (Å²) in [5.41, 5.74) is 1.08. The average Bonchev–Trinajstić information content (AvgIpc) is 2.61. The molecule has 0 radical (unpaired) electrons. The molecule has 0 unspecified atom stereocenters. The summed E-state index contributed by atoms with van der Waals surface area (Å²) in [6.45, 7) is 0. The van der Waals surface area contributed by atoms with Crippen LogP contribution in [0, 0.1) is 0 Å². The van der Waals surface area contributed by atoms with E-state index in [4.69, 9.17) is 9.47 Å². The molecule has 0 saturated heterocycles. The summed E-state index contributed by atoms with van der Waals surface area (Å²) in [6.07, 6.45) is 0. The van der Waals surface area contributed by atoms with Crippen molar-refractivity contribution >= 4 is 33.4 Å². The maximum absolute atomic E-state index is 12.4. The summed E-state index contributed by atoms with van der Waals surface area (Å²) >= 11 is 3.32. The summed E-state index contributed by atoms with van der Waals surface area (Å²) < 4.78 is 11.3. The molecule has 0 heterocycles. The van der Waals surface area contributed by atoms with E-state index in [1.54, 1.807) is 30.3 Å². The largest absolute Gasteiger partial charge is 0.493 e. The van der Waals surface area contributed by atoms with E-state index in [-0.39, 0.29) is 17.4 Å². The highest BCUT2D eigenvalue weighted by atomic mass is 79.9. The molecule has 0 fully saturated rings. The van der Waals surface area contributed by atoms with Crippen molar-refractivity contribution in [1.29, 1.82) is 0 Å². The van der Waals surface area contributed by atoms with Gasteiger partial charge in [-0.05, 0) is 30.3 Å². The molecule has 0 aromatic heterocycles. The first-order valence-corrected chi connectivity index (χ1v) is 7.84. The zero-order valence-electron chi connectivity index (χ0n) is 13.5. The van der Waals surface area contributed by atoms with Crippen LogP contribution in [-0.4, -0.2) is 33.1 Å². The molecule has 2 rings (SSSR count). The Hall–Kier alpha value is -2.54. The molecule has 2 amide bonds. The highest BCUT2D eigenvalue weighted by molar-refractivity contribution is 9.10. The standard InChI is InChI=1S/C17H17BrN2O4/c1-19-17(22)12-8-14(23-2)15(24-3)9-13(12)20-16(21)10-4-6-11(18)7-5-10/h4-9H,1-3H3,(H,19,22)(H,20,21). The SMILES string of the molecule is CNC(=O)c1cc(OC)c(OC)cc1NC(=O)c1ccc(Br)cc1. The number of hydrogen-bond donors (Lipinski definition) is 2. The van der Waals surface area contributed by atoms with Crippen LogP contribution < -0.4 is 20.1 Å². The van der Waals surface area contributed by atoms with Crippen molar-refractivity contribution in [3.63, 3.8) is 0 Å². The van der Waals surface area contributed by atoms with Gasteiger partial charge in [0.15, 0.2) is 11.5 Å². The first-order chi connectivity index (χ1) is 11.5. The van der Waals surface area contributed by atoms with E-state index < -0.39 is 0 Å². The number of anilines is 1. The van der Waals surface area contributed by atoms with Crippen LogP contribution in [0.25, 0.3) is 0 Å². The van der Waals surface area contributed by atoms with Crippen LogP contribution in [0.3, 0.4) is 0 Å². The minimum absolute atomic E-state index is 0.278. The zero-order chi connectivity index (χ0) is 17.7. The Balaban J connectivity index is 2.41. The van der Waals surface area contributed by atoms with Gasteiger partial charge >= 0.3 is 0 Å². The van der Waals surface area contributed by atoms with Crippen LogP contribution in [-0.2, 0) is 0 Å². The van der Waals surface area contributed by atoms with Gasteiger partial charge < -0.3 is 20.1 Å². The van der Waals surface area contributed by atoms with Gasteiger partial charge in [0.1, 0.15) is 0 Å². The van der Waals surface area contributed by atoms with Crippen molar-refractivity contribution in [1.82, 2.24) is 5.32 Å². The van der Waals surface area contributed by atoms with Crippen LogP contribution in [0.2, 0.25) is 0 Å². The Morgan fingerprint density at radius 1 is 0.958 bits per heavy atom. The summed E-state index contributed by atoms with van der Waals surface area (Å²) in [6, 6.07) is 9.97. The topological polar surface area (TPSA) is 76.7 Å². The quantitative estimate of drug-likeness (QED) is 0.819. The second kappa shape index (κ2) is 7.83. The number of methoxy groups -OCH3 is 2. The minimum atomic E-state index is -0.345. The second-order valence-corrected chi connectivity index (χ2v) is 5.71.